The predicted molar refractivity (Wildman–Crippen MR) is 81.2 cm³/mol. The highest BCUT2D eigenvalue weighted by atomic mass is 79.9. The van der Waals surface area contributed by atoms with Crippen LogP contribution in [0.1, 0.15) is 10.4 Å². The summed E-state index contributed by atoms with van der Waals surface area (Å²) in [6, 6.07) is 9.28. The van der Waals surface area contributed by atoms with Gasteiger partial charge in [-0.05, 0) is 46.3 Å². The number of carbonyl (C=O) groups excluding carboxylic acids is 1. The molecule has 6 heteroatoms. The number of nitrogens with one attached hydrogen (secondary N) is 1. The minimum absolute atomic E-state index is 0.0930. The van der Waals surface area contributed by atoms with Gasteiger partial charge >= 0.3 is 0 Å². The van der Waals surface area contributed by atoms with Crippen LogP contribution in [0.15, 0.2) is 45.3 Å². The molecule has 0 fully saturated rings. The van der Waals surface area contributed by atoms with E-state index in [1.165, 1.54) is 12.1 Å². The molecular formula is C13H7Br2ClFNO. The van der Waals surface area contributed by atoms with Crippen molar-refractivity contribution in [1.82, 2.24) is 0 Å². The number of anilines is 1. The van der Waals surface area contributed by atoms with Crippen molar-refractivity contribution in [3.05, 3.63) is 61.7 Å². The summed E-state index contributed by atoms with van der Waals surface area (Å²) in [6.07, 6.45) is 0. The van der Waals surface area contributed by atoms with Crippen molar-refractivity contribution in [2.75, 3.05) is 5.32 Å². The van der Waals surface area contributed by atoms with Gasteiger partial charge in [-0.3, -0.25) is 4.79 Å². The third kappa shape index (κ3) is 3.35. The normalized spacial score (nSPS) is 10.3. The standard InChI is InChI=1S/C13H7Br2ClFNO/c14-7-4-5-10(17)11(6-7)18-13(19)8-2-1-3-9(15)12(8)16/h1-6H,(H,18,19). The van der Waals surface area contributed by atoms with Crippen LogP contribution in [-0.2, 0) is 0 Å². The van der Waals surface area contributed by atoms with Gasteiger partial charge in [0.05, 0.1) is 16.3 Å². The maximum atomic E-state index is 13.5. The summed E-state index contributed by atoms with van der Waals surface area (Å²) < 4.78 is 14.8. The smallest absolute Gasteiger partial charge is 0.257 e. The maximum absolute atomic E-state index is 13.5. The van der Waals surface area contributed by atoms with Crippen molar-refractivity contribution in [2.24, 2.45) is 0 Å². The second-order valence-corrected chi connectivity index (χ2v) is 5.83. The lowest BCUT2D eigenvalue weighted by atomic mass is 10.2. The van der Waals surface area contributed by atoms with Crippen molar-refractivity contribution in [1.29, 1.82) is 0 Å². The predicted octanol–water partition coefficient (Wildman–Crippen LogP) is 5.26. The summed E-state index contributed by atoms with van der Waals surface area (Å²) in [5, 5.41) is 2.77. The van der Waals surface area contributed by atoms with Crippen LogP contribution in [0.5, 0.6) is 0 Å². The minimum atomic E-state index is -0.511. The Hall–Kier alpha value is -0.910. The molecule has 0 heterocycles. The Morgan fingerprint density at radius 3 is 2.68 bits per heavy atom. The van der Waals surface area contributed by atoms with E-state index in [1.54, 1.807) is 24.3 Å². The summed E-state index contributed by atoms with van der Waals surface area (Å²) in [7, 11) is 0. The molecule has 2 rings (SSSR count). The maximum Gasteiger partial charge on any atom is 0.257 e. The van der Waals surface area contributed by atoms with Gasteiger partial charge in [-0.25, -0.2) is 4.39 Å². The Kier molecular flexibility index (Phi) is 4.60. The highest BCUT2D eigenvalue weighted by Gasteiger charge is 2.14. The molecule has 0 radical (unpaired) electrons. The zero-order chi connectivity index (χ0) is 14.0. The molecule has 0 aliphatic carbocycles. The van der Waals surface area contributed by atoms with E-state index in [4.69, 9.17) is 11.6 Å². The highest BCUT2D eigenvalue weighted by Crippen LogP contribution is 2.27. The van der Waals surface area contributed by atoms with Gasteiger partial charge in [-0.15, -0.1) is 0 Å². The van der Waals surface area contributed by atoms with Gasteiger partial charge in [0.1, 0.15) is 5.82 Å². The quantitative estimate of drug-likeness (QED) is 0.723. The number of benzene rings is 2. The molecule has 0 aromatic heterocycles. The third-order valence-electron chi connectivity index (χ3n) is 2.37. The van der Waals surface area contributed by atoms with Crippen molar-refractivity contribution >= 4 is 55.1 Å². The lowest BCUT2D eigenvalue weighted by Gasteiger charge is -2.09. The molecule has 0 saturated heterocycles. The van der Waals surface area contributed by atoms with E-state index in [0.717, 1.165) is 0 Å². The zero-order valence-corrected chi connectivity index (χ0v) is 13.3. The SMILES string of the molecule is O=C(Nc1cc(Br)ccc1F)c1cccc(Br)c1Cl. The van der Waals surface area contributed by atoms with Crippen LogP contribution >= 0.6 is 43.5 Å². The van der Waals surface area contributed by atoms with Gasteiger partial charge in [0.15, 0.2) is 0 Å². The van der Waals surface area contributed by atoms with Crippen LogP contribution in [0.4, 0.5) is 10.1 Å². The van der Waals surface area contributed by atoms with Crippen LogP contribution in [0.2, 0.25) is 5.02 Å². The fraction of sp³-hybridized carbons (Fsp3) is 0. The summed E-state index contributed by atoms with van der Waals surface area (Å²) in [6.45, 7) is 0. The van der Waals surface area contributed by atoms with Crippen LogP contribution in [0.25, 0.3) is 0 Å². The summed E-state index contributed by atoms with van der Waals surface area (Å²) in [5.41, 5.74) is 0.367. The molecule has 98 valence electrons. The van der Waals surface area contributed by atoms with E-state index < -0.39 is 11.7 Å². The number of hydrogen-bond donors (Lipinski definition) is 1. The van der Waals surface area contributed by atoms with Crippen LogP contribution in [0, 0.1) is 5.82 Å². The second kappa shape index (κ2) is 6.03. The first-order chi connectivity index (χ1) is 8.99. The van der Waals surface area contributed by atoms with Gasteiger partial charge in [0, 0.05) is 8.95 Å². The van der Waals surface area contributed by atoms with E-state index in [0.29, 0.717) is 8.95 Å². The Balaban J connectivity index is 2.31. The summed E-state index contributed by atoms with van der Waals surface area (Å²) in [4.78, 5) is 12.1. The lowest BCUT2D eigenvalue weighted by Crippen LogP contribution is -2.13. The fourth-order valence-electron chi connectivity index (χ4n) is 1.46. The first kappa shape index (κ1) is 14.5. The molecule has 0 atom stereocenters. The van der Waals surface area contributed by atoms with Gasteiger partial charge in [0.25, 0.3) is 5.91 Å². The molecule has 0 unspecified atom stereocenters. The molecule has 19 heavy (non-hydrogen) atoms. The summed E-state index contributed by atoms with van der Waals surface area (Å²) >= 11 is 12.5. The summed E-state index contributed by atoms with van der Waals surface area (Å²) in [5.74, 6) is -0.981. The monoisotopic (exact) mass is 405 g/mol. The van der Waals surface area contributed by atoms with E-state index in [2.05, 4.69) is 37.2 Å². The van der Waals surface area contributed by atoms with Gasteiger partial charge < -0.3 is 5.32 Å². The average Bonchev–Trinajstić information content (AvgIpc) is 2.37. The largest absolute Gasteiger partial charge is 0.319 e. The minimum Gasteiger partial charge on any atom is -0.319 e. The van der Waals surface area contributed by atoms with Crippen molar-refractivity contribution in [3.8, 4) is 0 Å². The molecule has 0 spiro atoms. The third-order valence-corrected chi connectivity index (χ3v) is 4.16. The van der Waals surface area contributed by atoms with Crippen LogP contribution < -0.4 is 5.32 Å². The molecule has 2 aromatic rings. The number of amides is 1. The Bertz CT molecular complexity index is 649. The Morgan fingerprint density at radius 1 is 1.21 bits per heavy atom. The Labute approximate surface area is 131 Å². The molecule has 0 aliphatic heterocycles. The molecule has 1 amide bonds. The van der Waals surface area contributed by atoms with E-state index in [1.807, 2.05) is 0 Å². The number of hydrogen-bond acceptors (Lipinski definition) is 1. The Morgan fingerprint density at radius 2 is 1.95 bits per heavy atom. The van der Waals surface area contributed by atoms with Gasteiger partial charge in [0.2, 0.25) is 0 Å². The molecule has 2 nitrogen and oxygen atoms in total. The van der Waals surface area contributed by atoms with E-state index in [-0.39, 0.29) is 16.3 Å². The van der Waals surface area contributed by atoms with E-state index >= 15 is 0 Å². The number of halogens is 4. The number of rotatable bonds is 2. The van der Waals surface area contributed by atoms with Crippen LogP contribution in [0.3, 0.4) is 0 Å². The van der Waals surface area contributed by atoms with Crippen LogP contribution in [-0.4, -0.2) is 5.91 Å². The van der Waals surface area contributed by atoms with Gasteiger partial charge in [-0.1, -0.05) is 33.6 Å². The highest BCUT2D eigenvalue weighted by molar-refractivity contribution is 9.10. The number of carbonyl (C=O) groups is 1. The second-order valence-electron chi connectivity index (χ2n) is 3.68. The average molecular weight is 407 g/mol. The topological polar surface area (TPSA) is 29.1 Å². The molecular weight excluding hydrogens is 400 g/mol. The fourth-order valence-corrected chi connectivity index (χ4v) is 2.40. The lowest BCUT2D eigenvalue weighted by molar-refractivity contribution is 0.102. The molecule has 0 bridgehead atoms. The zero-order valence-electron chi connectivity index (χ0n) is 9.38. The van der Waals surface area contributed by atoms with Gasteiger partial charge in [-0.2, -0.15) is 0 Å². The molecule has 2 aromatic carbocycles. The van der Waals surface area contributed by atoms with Crippen molar-refractivity contribution < 1.29 is 9.18 Å². The first-order valence-electron chi connectivity index (χ1n) is 5.19. The van der Waals surface area contributed by atoms with Crippen molar-refractivity contribution in [3.63, 3.8) is 0 Å². The van der Waals surface area contributed by atoms with E-state index in [9.17, 15) is 9.18 Å². The molecule has 0 aliphatic rings. The molecule has 1 N–H and O–H groups in total. The molecule has 0 saturated carbocycles. The van der Waals surface area contributed by atoms with Crippen molar-refractivity contribution in [2.45, 2.75) is 0 Å². The first-order valence-corrected chi connectivity index (χ1v) is 7.16.